The first kappa shape index (κ1) is 13.8. The Labute approximate surface area is 74.0 Å². The van der Waals surface area contributed by atoms with E-state index in [0.717, 1.165) is 4.48 Å². The smallest absolute Gasteiger partial charge is 0.450 e. The molecule has 0 unspecified atom stereocenters. The molecular weight excluding hydrogens is 158 g/mol. The van der Waals surface area contributed by atoms with Crippen LogP contribution in [0.5, 0.6) is 0 Å². The van der Waals surface area contributed by atoms with Crippen LogP contribution in [0.1, 0.15) is 19.8 Å². The van der Waals surface area contributed by atoms with E-state index in [1.165, 1.54) is 19.4 Å². The molecule has 0 atom stereocenters. The van der Waals surface area contributed by atoms with Crippen LogP contribution >= 0.6 is 0 Å². The summed E-state index contributed by atoms with van der Waals surface area (Å²) in [6.07, 6.45) is 0.832. The van der Waals surface area contributed by atoms with E-state index >= 15 is 0 Å². The van der Waals surface area contributed by atoms with Crippen LogP contribution in [0.25, 0.3) is 0 Å². The number of rotatable bonds is 3. The quantitative estimate of drug-likeness (QED) is 0.647. The predicted molar refractivity (Wildman–Crippen MR) is 48.5 cm³/mol. The second kappa shape index (κ2) is 6.91. The molecule has 0 aliphatic rings. The first-order valence-corrected chi connectivity index (χ1v) is 4.02. The van der Waals surface area contributed by atoms with Gasteiger partial charge in [-0.05, 0) is 6.42 Å². The zero-order chi connectivity index (χ0) is 10.2. The Morgan fingerprint density at radius 1 is 1.25 bits per heavy atom. The molecule has 0 saturated carbocycles. The minimum atomic E-state index is -1.83. The van der Waals surface area contributed by atoms with Crippen molar-refractivity contribution >= 4 is 6.16 Å². The van der Waals surface area contributed by atoms with Gasteiger partial charge in [0.2, 0.25) is 0 Å². The van der Waals surface area contributed by atoms with Gasteiger partial charge in [-0.15, -0.1) is 0 Å². The largest absolute Gasteiger partial charge is 0.503 e. The molecule has 0 rings (SSSR count). The maximum absolute atomic E-state index is 8.56. The van der Waals surface area contributed by atoms with Crippen molar-refractivity contribution < 1.29 is 19.5 Å². The zero-order valence-corrected chi connectivity index (χ0v) is 8.37. The minimum Gasteiger partial charge on any atom is -0.450 e. The van der Waals surface area contributed by atoms with Gasteiger partial charge in [0, 0.05) is 0 Å². The van der Waals surface area contributed by atoms with Crippen LogP contribution in [-0.4, -0.2) is 48.5 Å². The first-order chi connectivity index (χ1) is 5.29. The van der Waals surface area contributed by atoms with Crippen molar-refractivity contribution in [2.75, 3.05) is 27.7 Å². The molecular formula is C8H20NO3+. The van der Waals surface area contributed by atoms with Crippen LogP contribution in [0.2, 0.25) is 0 Å². The summed E-state index contributed by atoms with van der Waals surface area (Å²) in [7, 11) is 6.70. The third-order valence-corrected chi connectivity index (χ3v) is 1.18. The van der Waals surface area contributed by atoms with E-state index in [9.17, 15) is 0 Å². The van der Waals surface area contributed by atoms with E-state index < -0.39 is 6.16 Å². The monoisotopic (exact) mass is 178 g/mol. The maximum Gasteiger partial charge on any atom is 0.503 e. The van der Waals surface area contributed by atoms with Gasteiger partial charge in [-0.1, -0.05) is 13.3 Å². The average Bonchev–Trinajstić information content (AvgIpc) is 1.80. The number of carboxylic acid groups (broad SMARTS) is 2. The van der Waals surface area contributed by atoms with Gasteiger partial charge >= 0.3 is 6.16 Å². The Morgan fingerprint density at radius 2 is 1.58 bits per heavy atom. The number of carbonyl (C=O) groups is 1. The van der Waals surface area contributed by atoms with Crippen LogP contribution in [0.15, 0.2) is 0 Å². The lowest BCUT2D eigenvalue weighted by Gasteiger charge is -2.23. The molecule has 0 amide bonds. The predicted octanol–water partition coefficient (Wildman–Crippen LogP) is 1.72. The zero-order valence-electron chi connectivity index (χ0n) is 8.37. The number of hydrogen-bond donors (Lipinski definition) is 2. The van der Waals surface area contributed by atoms with Crippen molar-refractivity contribution in [2.45, 2.75) is 19.8 Å². The normalized spacial score (nSPS) is 10.0. The second-order valence-electron chi connectivity index (χ2n) is 3.65. The minimum absolute atomic E-state index is 1.10. The summed E-state index contributed by atoms with van der Waals surface area (Å²) >= 11 is 0. The molecule has 2 N–H and O–H groups in total. The Kier molecular flexibility index (Phi) is 7.94. The number of hydrogen-bond acceptors (Lipinski definition) is 1. The van der Waals surface area contributed by atoms with Crippen molar-refractivity contribution in [1.29, 1.82) is 0 Å². The third-order valence-electron chi connectivity index (χ3n) is 1.18. The topological polar surface area (TPSA) is 57.5 Å². The molecule has 0 spiro atoms. The molecule has 4 nitrogen and oxygen atoms in total. The Hall–Kier alpha value is -0.770. The highest BCUT2D eigenvalue weighted by atomic mass is 16.6. The van der Waals surface area contributed by atoms with Crippen molar-refractivity contribution in [3.05, 3.63) is 0 Å². The maximum atomic E-state index is 8.56. The Balaban J connectivity index is 0. The Bertz CT molecular complexity index is 114. The summed E-state index contributed by atoms with van der Waals surface area (Å²) < 4.78 is 1.10. The van der Waals surface area contributed by atoms with Crippen LogP contribution in [0, 0.1) is 0 Å². The average molecular weight is 178 g/mol. The molecule has 0 aliphatic heterocycles. The van der Waals surface area contributed by atoms with Crippen molar-refractivity contribution in [3.63, 3.8) is 0 Å². The molecule has 12 heavy (non-hydrogen) atoms. The molecule has 0 aromatic rings. The van der Waals surface area contributed by atoms with Crippen LogP contribution < -0.4 is 0 Å². The molecule has 74 valence electrons. The van der Waals surface area contributed by atoms with Gasteiger partial charge in [-0.3, -0.25) is 0 Å². The van der Waals surface area contributed by atoms with Gasteiger partial charge in [0.25, 0.3) is 0 Å². The van der Waals surface area contributed by atoms with Crippen molar-refractivity contribution in [2.24, 2.45) is 0 Å². The fourth-order valence-electron chi connectivity index (χ4n) is 0.632. The summed E-state index contributed by atoms with van der Waals surface area (Å²) in [5.41, 5.74) is 0. The SMILES string of the molecule is CCCC[N+](C)(C)C.O=C(O)O. The van der Waals surface area contributed by atoms with Crippen molar-refractivity contribution in [3.8, 4) is 0 Å². The molecule has 0 fully saturated rings. The van der Waals surface area contributed by atoms with E-state index in [2.05, 4.69) is 28.1 Å². The number of unbranched alkanes of at least 4 members (excludes halogenated alkanes) is 1. The first-order valence-electron chi connectivity index (χ1n) is 4.02. The molecule has 0 radical (unpaired) electrons. The standard InChI is InChI=1S/C7H18N.CH2O3/c1-5-6-7-8(2,3)4;2-1(3)4/h5-7H2,1-4H3;(H2,2,3,4)/q+1;. The van der Waals surface area contributed by atoms with Gasteiger partial charge in [0.05, 0.1) is 27.7 Å². The molecule has 0 aliphatic carbocycles. The third kappa shape index (κ3) is 34.9. The molecule has 0 bridgehead atoms. The fourth-order valence-corrected chi connectivity index (χ4v) is 0.632. The van der Waals surface area contributed by atoms with E-state index in [1.807, 2.05) is 0 Å². The van der Waals surface area contributed by atoms with Gasteiger partial charge in [-0.2, -0.15) is 0 Å². The summed E-state index contributed by atoms with van der Waals surface area (Å²) in [4.78, 5) is 8.56. The van der Waals surface area contributed by atoms with Crippen LogP contribution in [0.4, 0.5) is 4.79 Å². The van der Waals surface area contributed by atoms with E-state index in [1.54, 1.807) is 0 Å². The highest BCUT2D eigenvalue weighted by molar-refractivity contribution is 5.53. The highest BCUT2D eigenvalue weighted by Gasteiger charge is 2.02. The summed E-state index contributed by atoms with van der Waals surface area (Å²) in [5.74, 6) is 0. The van der Waals surface area contributed by atoms with Gasteiger partial charge in [0.15, 0.2) is 0 Å². The van der Waals surface area contributed by atoms with Crippen LogP contribution in [-0.2, 0) is 0 Å². The van der Waals surface area contributed by atoms with Gasteiger partial charge in [-0.25, -0.2) is 4.79 Å². The molecule has 0 saturated heterocycles. The number of nitrogens with zero attached hydrogens (tertiary/aromatic N) is 1. The fraction of sp³-hybridized carbons (Fsp3) is 0.875. The molecule has 0 aromatic heterocycles. The van der Waals surface area contributed by atoms with Gasteiger partial charge < -0.3 is 14.7 Å². The van der Waals surface area contributed by atoms with E-state index in [-0.39, 0.29) is 0 Å². The lowest BCUT2D eigenvalue weighted by molar-refractivity contribution is -0.870. The summed E-state index contributed by atoms with van der Waals surface area (Å²) in [5, 5.41) is 13.9. The van der Waals surface area contributed by atoms with Crippen molar-refractivity contribution in [1.82, 2.24) is 0 Å². The number of quaternary nitrogens is 1. The highest BCUT2D eigenvalue weighted by Crippen LogP contribution is 1.95. The lowest BCUT2D eigenvalue weighted by atomic mass is 10.3. The van der Waals surface area contributed by atoms with Crippen LogP contribution in [0.3, 0.4) is 0 Å². The second-order valence-corrected chi connectivity index (χ2v) is 3.65. The van der Waals surface area contributed by atoms with E-state index in [4.69, 9.17) is 15.0 Å². The lowest BCUT2D eigenvalue weighted by Crippen LogP contribution is -2.35. The summed E-state index contributed by atoms with van der Waals surface area (Å²) in [6, 6.07) is 0. The summed E-state index contributed by atoms with van der Waals surface area (Å²) in [6.45, 7) is 3.53. The Morgan fingerprint density at radius 3 is 1.67 bits per heavy atom. The molecule has 4 heteroatoms. The van der Waals surface area contributed by atoms with E-state index in [0.29, 0.717) is 0 Å². The molecule has 0 aromatic carbocycles. The molecule has 0 heterocycles. The van der Waals surface area contributed by atoms with Gasteiger partial charge in [0.1, 0.15) is 0 Å².